The van der Waals surface area contributed by atoms with Crippen LogP contribution in [0, 0.1) is 5.92 Å². The van der Waals surface area contributed by atoms with Crippen molar-refractivity contribution in [1.82, 2.24) is 24.9 Å². The van der Waals surface area contributed by atoms with Crippen LogP contribution in [0.25, 0.3) is 0 Å². The van der Waals surface area contributed by atoms with Crippen molar-refractivity contribution in [3.63, 3.8) is 0 Å². The van der Waals surface area contributed by atoms with Crippen LogP contribution in [0.4, 0.5) is 0 Å². The first kappa shape index (κ1) is 25.7. The van der Waals surface area contributed by atoms with E-state index in [4.69, 9.17) is 0 Å². The first-order chi connectivity index (χ1) is 13.4. The van der Waals surface area contributed by atoms with Crippen LogP contribution >= 0.6 is 24.0 Å². The maximum Gasteiger partial charge on any atom is 0.243 e. The summed E-state index contributed by atoms with van der Waals surface area (Å²) < 4.78 is 1.86. The Bertz CT molecular complexity index is 645. The molecule has 166 valence electrons. The second-order valence-corrected chi connectivity index (χ2v) is 8.10. The maximum atomic E-state index is 12.0. The van der Waals surface area contributed by atoms with Gasteiger partial charge in [0.25, 0.3) is 0 Å². The van der Waals surface area contributed by atoms with Crippen LogP contribution in [0.2, 0.25) is 0 Å². The summed E-state index contributed by atoms with van der Waals surface area (Å²) in [4.78, 5) is 20.6. The SMILES string of the molecule is CCCCC(CC)CNC(=NCC(=O)N(C)C)N1CCC(c2cnn(C)c2)C1.I. The highest BCUT2D eigenvalue weighted by atomic mass is 127. The third-order valence-electron chi connectivity index (χ3n) is 5.64. The Morgan fingerprint density at radius 1 is 1.41 bits per heavy atom. The van der Waals surface area contributed by atoms with Crippen molar-refractivity contribution in [3.05, 3.63) is 18.0 Å². The fraction of sp³-hybridized carbons (Fsp3) is 0.762. The Labute approximate surface area is 193 Å². The van der Waals surface area contributed by atoms with Gasteiger partial charge in [-0.2, -0.15) is 5.10 Å². The van der Waals surface area contributed by atoms with E-state index in [1.807, 2.05) is 17.9 Å². The predicted octanol–water partition coefficient (Wildman–Crippen LogP) is 3.08. The van der Waals surface area contributed by atoms with Crippen molar-refractivity contribution in [2.24, 2.45) is 18.0 Å². The summed E-state index contributed by atoms with van der Waals surface area (Å²) in [6.07, 6.45) is 10.0. The van der Waals surface area contributed by atoms with Crippen LogP contribution in [0.5, 0.6) is 0 Å². The molecule has 0 bridgehead atoms. The molecule has 2 atom stereocenters. The van der Waals surface area contributed by atoms with E-state index in [0.717, 1.165) is 38.4 Å². The molecule has 0 radical (unpaired) electrons. The van der Waals surface area contributed by atoms with Crippen LogP contribution < -0.4 is 5.32 Å². The molecule has 29 heavy (non-hydrogen) atoms. The lowest BCUT2D eigenvalue weighted by Gasteiger charge is -2.24. The molecule has 8 heteroatoms. The summed E-state index contributed by atoms with van der Waals surface area (Å²) in [6, 6.07) is 0. The van der Waals surface area contributed by atoms with E-state index in [9.17, 15) is 4.79 Å². The normalized spacial score (nSPS) is 17.8. The number of nitrogens with zero attached hydrogens (tertiary/aromatic N) is 5. The van der Waals surface area contributed by atoms with Gasteiger partial charge in [0.05, 0.1) is 6.20 Å². The van der Waals surface area contributed by atoms with E-state index < -0.39 is 0 Å². The summed E-state index contributed by atoms with van der Waals surface area (Å²) in [5, 5.41) is 7.89. The Morgan fingerprint density at radius 3 is 2.76 bits per heavy atom. The van der Waals surface area contributed by atoms with Gasteiger partial charge in [0.15, 0.2) is 5.96 Å². The van der Waals surface area contributed by atoms with E-state index >= 15 is 0 Å². The van der Waals surface area contributed by atoms with E-state index in [-0.39, 0.29) is 36.4 Å². The summed E-state index contributed by atoms with van der Waals surface area (Å²) in [7, 11) is 5.51. The number of aryl methyl sites for hydroxylation is 1. The molecule has 1 aliphatic heterocycles. The minimum absolute atomic E-state index is 0. The molecule has 2 rings (SSSR count). The molecule has 2 unspecified atom stereocenters. The molecule has 1 amide bonds. The van der Waals surface area contributed by atoms with E-state index in [0.29, 0.717) is 11.8 Å². The summed E-state index contributed by atoms with van der Waals surface area (Å²) >= 11 is 0. The molecule has 1 fully saturated rings. The van der Waals surface area contributed by atoms with Crippen molar-refractivity contribution in [1.29, 1.82) is 0 Å². The molecule has 7 nitrogen and oxygen atoms in total. The Morgan fingerprint density at radius 2 is 2.17 bits per heavy atom. The first-order valence-electron chi connectivity index (χ1n) is 10.7. The third kappa shape index (κ3) is 8.14. The number of aromatic nitrogens is 2. The highest BCUT2D eigenvalue weighted by Crippen LogP contribution is 2.26. The fourth-order valence-electron chi connectivity index (χ4n) is 3.61. The Balaban J connectivity index is 0.00000420. The van der Waals surface area contributed by atoms with Gasteiger partial charge >= 0.3 is 0 Å². The number of carbonyl (C=O) groups excluding carboxylic acids is 1. The lowest BCUT2D eigenvalue weighted by Crippen LogP contribution is -2.42. The third-order valence-corrected chi connectivity index (χ3v) is 5.64. The van der Waals surface area contributed by atoms with E-state index in [2.05, 4.69) is 40.4 Å². The minimum Gasteiger partial charge on any atom is -0.356 e. The zero-order chi connectivity index (χ0) is 20.5. The molecule has 1 aliphatic rings. The zero-order valence-electron chi connectivity index (χ0n) is 18.7. The number of hydrogen-bond acceptors (Lipinski definition) is 3. The number of unbranched alkanes of at least 4 members (excludes halogenated alkanes) is 1. The van der Waals surface area contributed by atoms with Crippen LogP contribution in [-0.2, 0) is 11.8 Å². The monoisotopic (exact) mass is 518 g/mol. The number of aliphatic imine (C=N–C) groups is 1. The van der Waals surface area contributed by atoms with Gasteiger partial charge in [0, 0.05) is 52.9 Å². The Hall–Kier alpha value is -1.32. The second kappa shape index (κ2) is 13.1. The summed E-state index contributed by atoms with van der Waals surface area (Å²) in [5.74, 6) is 2.01. The lowest BCUT2D eigenvalue weighted by atomic mass is 9.99. The number of guanidine groups is 1. The van der Waals surface area contributed by atoms with Crippen LogP contribution in [0.15, 0.2) is 17.4 Å². The van der Waals surface area contributed by atoms with Crippen molar-refractivity contribution in [2.75, 3.05) is 40.3 Å². The van der Waals surface area contributed by atoms with Crippen LogP contribution in [0.3, 0.4) is 0 Å². The predicted molar refractivity (Wildman–Crippen MR) is 130 cm³/mol. The van der Waals surface area contributed by atoms with Gasteiger partial charge in [-0.05, 0) is 24.3 Å². The standard InChI is InChI=1S/C21H38N6O.HI/c1-6-8-9-17(7-2)12-22-21(23-14-20(28)25(3)4)27-11-10-18(16-27)19-13-24-26(5)15-19;/h13,15,17-18H,6-12,14,16H2,1-5H3,(H,22,23);1H. The highest BCUT2D eigenvalue weighted by molar-refractivity contribution is 14.0. The van der Waals surface area contributed by atoms with Crippen molar-refractivity contribution in [2.45, 2.75) is 51.9 Å². The van der Waals surface area contributed by atoms with E-state index in [1.54, 1.807) is 19.0 Å². The molecular formula is C21H39IN6O. The van der Waals surface area contributed by atoms with Gasteiger partial charge in [0.1, 0.15) is 6.54 Å². The van der Waals surface area contributed by atoms with Gasteiger partial charge in [0.2, 0.25) is 5.91 Å². The number of likely N-dealkylation sites (N-methyl/N-ethyl adjacent to an activating group) is 1. The summed E-state index contributed by atoms with van der Waals surface area (Å²) in [6.45, 7) is 7.47. The maximum absolute atomic E-state index is 12.0. The number of hydrogen-bond donors (Lipinski definition) is 1. The number of amides is 1. The average Bonchev–Trinajstić information content (AvgIpc) is 3.32. The van der Waals surface area contributed by atoms with Gasteiger partial charge in [-0.1, -0.05) is 33.1 Å². The molecule has 0 spiro atoms. The largest absolute Gasteiger partial charge is 0.356 e. The molecule has 1 N–H and O–H groups in total. The smallest absolute Gasteiger partial charge is 0.243 e. The van der Waals surface area contributed by atoms with Crippen LogP contribution in [0.1, 0.15) is 57.4 Å². The number of rotatable bonds is 9. The molecule has 0 aromatic carbocycles. The van der Waals surface area contributed by atoms with Gasteiger partial charge in [-0.3, -0.25) is 9.48 Å². The number of nitrogens with one attached hydrogen (secondary N) is 1. The van der Waals surface area contributed by atoms with Gasteiger partial charge in [-0.15, -0.1) is 24.0 Å². The quantitative estimate of drug-likeness (QED) is 0.310. The zero-order valence-corrected chi connectivity index (χ0v) is 21.1. The molecule has 1 aromatic rings. The van der Waals surface area contributed by atoms with Crippen LogP contribution in [-0.4, -0.2) is 71.7 Å². The topological polar surface area (TPSA) is 65.8 Å². The number of likely N-dealkylation sites (tertiary alicyclic amines) is 1. The molecule has 2 heterocycles. The number of halogens is 1. The second-order valence-electron chi connectivity index (χ2n) is 8.10. The van der Waals surface area contributed by atoms with Crippen molar-refractivity contribution >= 4 is 35.8 Å². The van der Waals surface area contributed by atoms with Crippen molar-refractivity contribution in [3.8, 4) is 0 Å². The highest BCUT2D eigenvalue weighted by Gasteiger charge is 2.27. The minimum atomic E-state index is 0. The average molecular weight is 518 g/mol. The van der Waals surface area contributed by atoms with Gasteiger partial charge < -0.3 is 15.1 Å². The van der Waals surface area contributed by atoms with E-state index in [1.165, 1.54) is 24.8 Å². The Kier molecular flexibility index (Phi) is 11.6. The molecular weight excluding hydrogens is 479 g/mol. The molecule has 1 saturated heterocycles. The molecule has 0 aliphatic carbocycles. The van der Waals surface area contributed by atoms with Gasteiger partial charge in [-0.25, -0.2) is 4.99 Å². The first-order valence-corrected chi connectivity index (χ1v) is 10.7. The van der Waals surface area contributed by atoms with Crippen molar-refractivity contribution < 1.29 is 4.79 Å². The summed E-state index contributed by atoms with van der Waals surface area (Å²) in [5.41, 5.74) is 1.28. The molecule has 1 aromatic heterocycles. The lowest BCUT2D eigenvalue weighted by molar-refractivity contribution is -0.127. The fourth-order valence-corrected chi connectivity index (χ4v) is 3.61. The molecule has 0 saturated carbocycles. The number of carbonyl (C=O) groups is 1.